The van der Waals surface area contributed by atoms with Gasteiger partial charge in [0.25, 0.3) is 0 Å². The molecule has 2 atom stereocenters. The van der Waals surface area contributed by atoms with Crippen molar-refractivity contribution in [3.63, 3.8) is 0 Å². The van der Waals surface area contributed by atoms with Gasteiger partial charge in [-0.15, -0.1) is 0 Å². The van der Waals surface area contributed by atoms with Gasteiger partial charge in [0.05, 0.1) is 0 Å². The second kappa shape index (κ2) is 5.60. The summed E-state index contributed by atoms with van der Waals surface area (Å²) in [5, 5.41) is 7.35. The van der Waals surface area contributed by atoms with Gasteiger partial charge in [0.2, 0.25) is 11.7 Å². The first-order chi connectivity index (χ1) is 8.24. The van der Waals surface area contributed by atoms with E-state index in [0.29, 0.717) is 23.7 Å². The molecule has 1 aromatic heterocycles. The summed E-state index contributed by atoms with van der Waals surface area (Å²) in [4.78, 5) is 4.42. The second-order valence-corrected chi connectivity index (χ2v) is 4.70. The predicted octanol–water partition coefficient (Wildman–Crippen LogP) is 1.71. The Hall–Kier alpha value is -0.940. The van der Waals surface area contributed by atoms with Crippen molar-refractivity contribution in [1.29, 1.82) is 0 Å². The lowest BCUT2D eigenvalue weighted by atomic mass is 10.2. The van der Waals surface area contributed by atoms with Crippen molar-refractivity contribution in [3.05, 3.63) is 11.7 Å². The maximum atomic E-state index is 5.43. The Bertz CT molecular complexity index is 349. The molecule has 1 aromatic rings. The zero-order chi connectivity index (χ0) is 12.3. The highest BCUT2D eigenvalue weighted by Gasteiger charge is 2.35. The Balaban J connectivity index is 1.94. The minimum atomic E-state index is 0.0157. The van der Waals surface area contributed by atoms with E-state index >= 15 is 0 Å². The Labute approximate surface area is 102 Å². The topological polar surface area (TPSA) is 60.2 Å². The fraction of sp³-hybridized carbons (Fsp3) is 0.833. The molecule has 17 heavy (non-hydrogen) atoms. The molecule has 1 saturated carbocycles. The van der Waals surface area contributed by atoms with Gasteiger partial charge < -0.3 is 14.6 Å². The van der Waals surface area contributed by atoms with E-state index in [2.05, 4.69) is 29.3 Å². The number of hydrogen-bond donors (Lipinski definition) is 1. The Morgan fingerprint density at radius 3 is 2.88 bits per heavy atom. The summed E-state index contributed by atoms with van der Waals surface area (Å²) in [6.07, 6.45) is 3.19. The molecule has 1 aliphatic carbocycles. The second-order valence-electron chi connectivity index (χ2n) is 4.70. The summed E-state index contributed by atoms with van der Waals surface area (Å²) < 4.78 is 10.7. The monoisotopic (exact) mass is 239 g/mol. The molecular formula is C12H21N3O2. The first-order valence-electron chi connectivity index (χ1n) is 6.33. The van der Waals surface area contributed by atoms with Crippen LogP contribution in [0.4, 0.5) is 0 Å². The van der Waals surface area contributed by atoms with E-state index in [1.165, 1.54) is 12.8 Å². The normalized spacial score (nSPS) is 19.2. The van der Waals surface area contributed by atoms with Crippen LogP contribution in [0.2, 0.25) is 0 Å². The Morgan fingerprint density at radius 2 is 2.29 bits per heavy atom. The number of rotatable bonds is 7. The van der Waals surface area contributed by atoms with Crippen molar-refractivity contribution >= 4 is 0 Å². The number of nitrogens with zero attached hydrogens (tertiary/aromatic N) is 2. The molecule has 0 aromatic carbocycles. The average molecular weight is 239 g/mol. The van der Waals surface area contributed by atoms with Crippen LogP contribution in [0.25, 0.3) is 0 Å². The number of aromatic nitrogens is 2. The predicted molar refractivity (Wildman–Crippen MR) is 63.6 cm³/mol. The van der Waals surface area contributed by atoms with Crippen LogP contribution in [0.5, 0.6) is 0 Å². The van der Waals surface area contributed by atoms with Gasteiger partial charge in [-0.1, -0.05) is 12.1 Å². The number of ether oxygens (including phenoxy) is 1. The molecule has 2 rings (SSSR count). The highest BCUT2D eigenvalue weighted by molar-refractivity contribution is 4.98. The Morgan fingerprint density at radius 1 is 1.53 bits per heavy atom. The molecule has 0 bridgehead atoms. The zero-order valence-corrected chi connectivity index (χ0v) is 10.8. The number of likely N-dealkylation sites (N-methyl/N-ethyl adjacent to an activating group) is 1. The van der Waals surface area contributed by atoms with Crippen molar-refractivity contribution < 1.29 is 9.26 Å². The number of hydrogen-bond acceptors (Lipinski definition) is 5. The summed E-state index contributed by atoms with van der Waals surface area (Å²) in [6, 6.07) is 0.357. The fourth-order valence-electron chi connectivity index (χ4n) is 2.06. The third-order valence-corrected chi connectivity index (χ3v) is 3.08. The van der Waals surface area contributed by atoms with Crippen molar-refractivity contribution in [2.75, 3.05) is 13.7 Å². The van der Waals surface area contributed by atoms with Crippen LogP contribution in [0, 0.1) is 5.92 Å². The smallest absolute Gasteiger partial charge is 0.228 e. The van der Waals surface area contributed by atoms with Gasteiger partial charge in [0.15, 0.2) is 0 Å². The maximum Gasteiger partial charge on any atom is 0.228 e. The third-order valence-electron chi connectivity index (χ3n) is 3.08. The molecule has 0 radical (unpaired) electrons. The Kier molecular flexibility index (Phi) is 4.12. The molecule has 0 amide bonds. The molecule has 1 aliphatic rings. The highest BCUT2D eigenvalue weighted by Crippen LogP contribution is 2.41. The molecule has 2 unspecified atom stereocenters. The minimum Gasteiger partial charge on any atom is -0.373 e. The molecular weight excluding hydrogens is 218 g/mol. The lowest BCUT2D eigenvalue weighted by molar-refractivity contribution is 0.0751. The van der Waals surface area contributed by atoms with Crippen molar-refractivity contribution in [2.24, 2.45) is 5.92 Å². The standard InChI is InChI=1S/C12H21N3O2/c1-4-13-8(2)7-10-14-12(15-17-10)11(16-3)9-5-6-9/h8-9,11,13H,4-7H2,1-3H3. The molecule has 96 valence electrons. The first-order valence-corrected chi connectivity index (χ1v) is 6.33. The average Bonchev–Trinajstić information content (AvgIpc) is 3.02. The molecule has 5 nitrogen and oxygen atoms in total. The fourth-order valence-corrected chi connectivity index (χ4v) is 2.06. The van der Waals surface area contributed by atoms with Crippen LogP contribution in [-0.4, -0.2) is 29.8 Å². The lowest BCUT2D eigenvalue weighted by Gasteiger charge is -2.09. The summed E-state index contributed by atoms with van der Waals surface area (Å²) in [6.45, 7) is 5.15. The molecule has 1 fully saturated rings. The number of nitrogens with one attached hydrogen (secondary N) is 1. The van der Waals surface area contributed by atoms with Gasteiger partial charge in [-0.2, -0.15) is 4.98 Å². The zero-order valence-electron chi connectivity index (χ0n) is 10.8. The summed E-state index contributed by atoms with van der Waals surface area (Å²) in [5.41, 5.74) is 0. The summed E-state index contributed by atoms with van der Waals surface area (Å²) in [7, 11) is 1.71. The van der Waals surface area contributed by atoms with E-state index in [-0.39, 0.29) is 6.10 Å². The first kappa shape index (κ1) is 12.5. The van der Waals surface area contributed by atoms with Gasteiger partial charge in [0, 0.05) is 19.6 Å². The SMILES string of the molecule is CCNC(C)Cc1nc(C(OC)C2CC2)no1. The summed E-state index contributed by atoms with van der Waals surface area (Å²) >= 11 is 0. The van der Waals surface area contributed by atoms with Crippen molar-refractivity contribution in [3.8, 4) is 0 Å². The van der Waals surface area contributed by atoms with Crippen LogP contribution in [0.1, 0.15) is 44.5 Å². The highest BCUT2D eigenvalue weighted by atomic mass is 16.5. The van der Waals surface area contributed by atoms with Gasteiger partial charge in [-0.05, 0) is 32.2 Å². The van der Waals surface area contributed by atoms with E-state index in [1.54, 1.807) is 7.11 Å². The molecule has 0 spiro atoms. The molecule has 0 saturated heterocycles. The van der Waals surface area contributed by atoms with Crippen LogP contribution < -0.4 is 5.32 Å². The lowest BCUT2D eigenvalue weighted by Crippen LogP contribution is -2.27. The van der Waals surface area contributed by atoms with E-state index in [9.17, 15) is 0 Å². The summed E-state index contributed by atoms with van der Waals surface area (Å²) in [5.74, 6) is 1.97. The van der Waals surface area contributed by atoms with Gasteiger partial charge in [-0.3, -0.25) is 0 Å². The third kappa shape index (κ3) is 3.26. The van der Waals surface area contributed by atoms with E-state index in [4.69, 9.17) is 9.26 Å². The van der Waals surface area contributed by atoms with Crippen molar-refractivity contribution in [1.82, 2.24) is 15.5 Å². The van der Waals surface area contributed by atoms with Gasteiger partial charge in [-0.25, -0.2) is 0 Å². The van der Waals surface area contributed by atoms with E-state index < -0.39 is 0 Å². The van der Waals surface area contributed by atoms with Gasteiger partial charge in [0.1, 0.15) is 6.10 Å². The molecule has 0 aliphatic heterocycles. The maximum absolute atomic E-state index is 5.43. The van der Waals surface area contributed by atoms with Crippen molar-refractivity contribution in [2.45, 2.75) is 45.3 Å². The van der Waals surface area contributed by atoms with E-state index in [0.717, 1.165) is 13.0 Å². The van der Waals surface area contributed by atoms with Crippen LogP contribution in [0.3, 0.4) is 0 Å². The largest absolute Gasteiger partial charge is 0.373 e. The molecule has 1 heterocycles. The van der Waals surface area contributed by atoms with E-state index in [1.807, 2.05) is 0 Å². The van der Waals surface area contributed by atoms with Crippen LogP contribution >= 0.6 is 0 Å². The molecule has 5 heteroatoms. The van der Waals surface area contributed by atoms with Gasteiger partial charge >= 0.3 is 0 Å². The number of methoxy groups -OCH3 is 1. The minimum absolute atomic E-state index is 0.0157. The van der Waals surface area contributed by atoms with Crippen LogP contribution in [0.15, 0.2) is 4.52 Å². The quantitative estimate of drug-likeness (QED) is 0.785. The van der Waals surface area contributed by atoms with Crippen LogP contribution in [-0.2, 0) is 11.2 Å². The molecule has 1 N–H and O–H groups in total.